The molecule has 1 aliphatic carbocycles. The van der Waals surface area contributed by atoms with Crippen LogP contribution in [-0.2, 0) is 5.41 Å². The van der Waals surface area contributed by atoms with Crippen LogP contribution in [0.25, 0.3) is 0 Å². The van der Waals surface area contributed by atoms with Crippen LogP contribution in [0.1, 0.15) is 31.2 Å². The lowest BCUT2D eigenvalue weighted by Crippen LogP contribution is -2.40. The van der Waals surface area contributed by atoms with E-state index in [2.05, 4.69) is 24.1 Å². The Morgan fingerprint density at radius 3 is 2.75 bits per heavy atom. The monoisotopic (exact) mass is 217 g/mol. The molecule has 1 aromatic rings. The van der Waals surface area contributed by atoms with E-state index in [9.17, 15) is 5.11 Å². The third-order valence-corrected chi connectivity index (χ3v) is 4.63. The summed E-state index contributed by atoms with van der Waals surface area (Å²) in [5.74, 6) is 0.377. The second kappa shape index (κ2) is 3.49. The van der Waals surface area contributed by atoms with Crippen molar-refractivity contribution in [2.45, 2.75) is 37.1 Å². The molecule has 1 aliphatic heterocycles. The van der Waals surface area contributed by atoms with Gasteiger partial charge in [0.05, 0.1) is 0 Å². The van der Waals surface area contributed by atoms with Gasteiger partial charge in [-0.05, 0) is 62.4 Å². The number of hydrogen-bond donors (Lipinski definition) is 1. The number of fused-ring (bicyclic) bond motifs is 2. The summed E-state index contributed by atoms with van der Waals surface area (Å²) in [6.07, 6.45) is 5.21. The van der Waals surface area contributed by atoms with Gasteiger partial charge in [0.15, 0.2) is 0 Å². The molecule has 1 N–H and O–H groups in total. The first-order chi connectivity index (χ1) is 7.70. The number of phenolic OH excluding ortho intramolecular Hbond substituents is 1. The summed E-state index contributed by atoms with van der Waals surface area (Å²) in [5.41, 5.74) is 1.84. The van der Waals surface area contributed by atoms with Gasteiger partial charge in [-0.1, -0.05) is 12.1 Å². The van der Waals surface area contributed by atoms with Crippen LogP contribution in [0.5, 0.6) is 5.75 Å². The fourth-order valence-corrected chi connectivity index (χ4v) is 3.50. The second-order valence-corrected chi connectivity index (χ2v) is 5.45. The quantitative estimate of drug-likeness (QED) is 0.781. The van der Waals surface area contributed by atoms with Gasteiger partial charge in [-0.3, -0.25) is 0 Å². The van der Waals surface area contributed by atoms with E-state index in [1.165, 1.54) is 37.8 Å². The van der Waals surface area contributed by atoms with Crippen LogP contribution in [0.3, 0.4) is 0 Å². The zero-order chi connectivity index (χ0) is 11.2. The molecule has 2 bridgehead atoms. The summed E-state index contributed by atoms with van der Waals surface area (Å²) in [6.45, 7) is 1.21. The van der Waals surface area contributed by atoms with Crippen molar-refractivity contribution < 1.29 is 5.11 Å². The molecule has 2 fully saturated rings. The summed E-state index contributed by atoms with van der Waals surface area (Å²) in [7, 11) is 2.25. The fraction of sp³-hybridized carbons (Fsp3) is 0.571. The molecule has 2 unspecified atom stereocenters. The Morgan fingerprint density at radius 2 is 2.00 bits per heavy atom. The SMILES string of the molecule is CN1CCC2(c3ccc(O)cc3)CCC1C2. The summed E-state index contributed by atoms with van der Waals surface area (Å²) < 4.78 is 0. The van der Waals surface area contributed by atoms with E-state index in [0.29, 0.717) is 11.2 Å². The summed E-state index contributed by atoms with van der Waals surface area (Å²) >= 11 is 0. The van der Waals surface area contributed by atoms with Crippen molar-refractivity contribution in [3.63, 3.8) is 0 Å². The van der Waals surface area contributed by atoms with E-state index in [1.807, 2.05) is 12.1 Å². The van der Waals surface area contributed by atoms with Crippen molar-refractivity contribution in [1.29, 1.82) is 0 Å². The molecule has 16 heavy (non-hydrogen) atoms. The maximum absolute atomic E-state index is 9.36. The van der Waals surface area contributed by atoms with E-state index < -0.39 is 0 Å². The van der Waals surface area contributed by atoms with Crippen LogP contribution in [0.4, 0.5) is 0 Å². The molecule has 0 amide bonds. The highest BCUT2D eigenvalue weighted by Gasteiger charge is 2.45. The molecule has 3 rings (SSSR count). The molecule has 1 saturated carbocycles. The molecule has 2 atom stereocenters. The highest BCUT2D eigenvalue weighted by atomic mass is 16.3. The molecular formula is C14H19NO. The van der Waals surface area contributed by atoms with Gasteiger partial charge in [0, 0.05) is 6.04 Å². The predicted octanol–water partition coefficient (Wildman–Crippen LogP) is 2.52. The molecule has 2 nitrogen and oxygen atoms in total. The lowest BCUT2D eigenvalue weighted by atomic mass is 9.74. The summed E-state index contributed by atoms with van der Waals surface area (Å²) in [5, 5.41) is 9.36. The molecule has 0 spiro atoms. The summed E-state index contributed by atoms with van der Waals surface area (Å²) in [6, 6.07) is 8.67. The zero-order valence-corrected chi connectivity index (χ0v) is 9.82. The van der Waals surface area contributed by atoms with Gasteiger partial charge >= 0.3 is 0 Å². The van der Waals surface area contributed by atoms with Crippen LogP contribution in [0, 0.1) is 0 Å². The van der Waals surface area contributed by atoms with Crippen LogP contribution in [0.2, 0.25) is 0 Å². The maximum Gasteiger partial charge on any atom is 0.115 e. The highest BCUT2D eigenvalue weighted by Crippen LogP contribution is 2.48. The number of likely N-dealkylation sites (tertiary alicyclic amines) is 1. The topological polar surface area (TPSA) is 23.5 Å². The number of phenols is 1. The number of aromatic hydroxyl groups is 1. The van der Waals surface area contributed by atoms with E-state index in [-0.39, 0.29) is 0 Å². The average molecular weight is 217 g/mol. The largest absolute Gasteiger partial charge is 0.508 e. The van der Waals surface area contributed by atoms with Crippen LogP contribution in [-0.4, -0.2) is 29.6 Å². The van der Waals surface area contributed by atoms with Gasteiger partial charge in [-0.25, -0.2) is 0 Å². The molecular weight excluding hydrogens is 198 g/mol. The number of hydrogen-bond acceptors (Lipinski definition) is 2. The van der Waals surface area contributed by atoms with Crippen LogP contribution < -0.4 is 0 Å². The average Bonchev–Trinajstić information content (AvgIpc) is 2.66. The number of rotatable bonds is 1. The van der Waals surface area contributed by atoms with Crippen molar-refractivity contribution in [3.05, 3.63) is 29.8 Å². The van der Waals surface area contributed by atoms with Gasteiger partial charge in [-0.2, -0.15) is 0 Å². The summed E-state index contributed by atoms with van der Waals surface area (Å²) in [4.78, 5) is 2.51. The molecule has 2 aliphatic rings. The number of piperidine rings is 1. The first-order valence-electron chi connectivity index (χ1n) is 6.19. The Kier molecular flexibility index (Phi) is 2.21. The molecule has 1 heterocycles. The number of benzene rings is 1. The lowest BCUT2D eigenvalue weighted by molar-refractivity contribution is 0.174. The standard InChI is InChI=1S/C14H19NO/c1-15-9-8-14(7-6-12(15)10-14)11-2-4-13(16)5-3-11/h2-5,12,16H,6-10H2,1H3. The van der Waals surface area contributed by atoms with Gasteiger partial charge in [0.25, 0.3) is 0 Å². The van der Waals surface area contributed by atoms with E-state index >= 15 is 0 Å². The molecule has 0 radical (unpaired) electrons. The number of nitrogens with zero attached hydrogens (tertiary/aromatic N) is 1. The van der Waals surface area contributed by atoms with Gasteiger partial charge in [0.2, 0.25) is 0 Å². The first-order valence-corrected chi connectivity index (χ1v) is 6.19. The van der Waals surface area contributed by atoms with Crippen molar-refractivity contribution >= 4 is 0 Å². The minimum Gasteiger partial charge on any atom is -0.508 e. The van der Waals surface area contributed by atoms with E-state index in [0.717, 1.165) is 6.04 Å². The van der Waals surface area contributed by atoms with Crippen LogP contribution >= 0.6 is 0 Å². The predicted molar refractivity (Wildman–Crippen MR) is 64.7 cm³/mol. The second-order valence-electron chi connectivity index (χ2n) is 5.45. The Balaban J connectivity index is 1.92. The molecule has 0 aromatic heterocycles. The Hall–Kier alpha value is -1.02. The van der Waals surface area contributed by atoms with E-state index in [4.69, 9.17) is 0 Å². The van der Waals surface area contributed by atoms with Crippen LogP contribution in [0.15, 0.2) is 24.3 Å². The van der Waals surface area contributed by atoms with Crippen molar-refractivity contribution in [2.75, 3.05) is 13.6 Å². The third kappa shape index (κ3) is 1.44. The Morgan fingerprint density at radius 1 is 1.25 bits per heavy atom. The molecule has 86 valence electrons. The fourth-order valence-electron chi connectivity index (χ4n) is 3.50. The Labute approximate surface area is 96.9 Å². The maximum atomic E-state index is 9.36. The normalized spacial score (nSPS) is 34.2. The van der Waals surface area contributed by atoms with E-state index in [1.54, 1.807) is 0 Å². The molecule has 2 heteroatoms. The molecule has 1 saturated heterocycles. The van der Waals surface area contributed by atoms with Crippen molar-refractivity contribution in [2.24, 2.45) is 0 Å². The first kappa shape index (κ1) is 10.2. The zero-order valence-electron chi connectivity index (χ0n) is 9.82. The minimum atomic E-state index is 0.377. The Bertz CT molecular complexity index is 386. The van der Waals surface area contributed by atoms with Gasteiger partial charge in [0.1, 0.15) is 5.75 Å². The smallest absolute Gasteiger partial charge is 0.115 e. The highest BCUT2D eigenvalue weighted by molar-refractivity contribution is 5.33. The molecule has 1 aromatic carbocycles. The third-order valence-electron chi connectivity index (χ3n) is 4.63. The minimum absolute atomic E-state index is 0.377. The van der Waals surface area contributed by atoms with Gasteiger partial charge in [-0.15, -0.1) is 0 Å². The van der Waals surface area contributed by atoms with Gasteiger partial charge < -0.3 is 10.0 Å². The van der Waals surface area contributed by atoms with Crippen molar-refractivity contribution in [1.82, 2.24) is 4.90 Å². The van der Waals surface area contributed by atoms with Crippen molar-refractivity contribution in [3.8, 4) is 5.75 Å². The lowest BCUT2D eigenvalue weighted by Gasteiger charge is -2.38.